The first-order valence-electron chi connectivity index (χ1n) is 6.99. The van der Waals surface area contributed by atoms with Gasteiger partial charge in [0.25, 0.3) is 0 Å². The average Bonchev–Trinajstić information content (AvgIpc) is 2.79. The quantitative estimate of drug-likeness (QED) is 0.733. The monoisotopic (exact) mass is 296 g/mol. The van der Waals surface area contributed by atoms with Crippen LogP contribution in [0.25, 0.3) is 11.0 Å². The number of aromatic nitrogens is 2. The molecule has 0 amide bonds. The second-order valence-corrected chi connectivity index (χ2v) is 4.86. The highest BCUT2D eigenvalue weighted by atomic mass is 35.5. The minimum atomic E-state index is 0.120. The van der Waals surface area contributed by atoms with Crippen LogP contribution in [-0.4, -0.2) is 28.9 Å². The number of alkyl halides is 1. The summed E-state index contributed by atoms with van der Waals surface area (Å²) >= 11 is 6.03. The van der Waals surface area contributed by atoms with E-state index in [1.54, 1.807) is 0 Å². The molecule has 5 heteroatoms. The molecule has 0 N–H and O–H groups in total. The first-order chi connectivity index (χ1) is 9.71. The number of imidazole rings is 1. The summed E-state index contributed by atoms with van der Waals surface area (Å²) in [7, 11) is 0. The van der Waals surface area contributed by atoms with Gasteiger partial charge in [0, 0.05) is 6.61 Å². The number of rotatable bonds is 7. The van der Waals surface area contributed by atoms with Gasteiger partial charge in [0.15, 0.2) is 0 Å². The summed E-state index contributed by atoms with van der Waals surface area (Å²) < 4.78 is 13.4. The SMILES string of the molecule is CCOc1cccc2c1nc(CCl)n2CC(C)OCC. The van der Waals surface area contributed by atoms with Crippen LogP contribution in [0.15, 0.2) is 18.2 Å². The molecule has 0 saturated heterocycles. The Balaban J connectivity index is 2.44. The van der Waals surface area contributed by atoms with Crippen LogP contribution in [0.2, 0.25) is 0 Å². The van der Waals surface area contributed by atoms with Gasteiger partial charge in [-0.15, -0.1) is 11.6 Å². The molecule has 2 aromatic rings. The highest BCUT2D eigenvalue weighted by molar-refractivity contribution is 6.16. The Morgan fingerprint density at radius 2 is 2.10 bits per heavy atom. The van der Waals surface area contributed by atoms with Crippen molar-refractivity contribution in [3.05, 3.63) is 24.0 Å². The predicted octanol–water partition coefficient (Wildman–Crippen LogP) is 3.60. The topological polar surface area (TPSA) is 36.3 Å². The smallest absolute Gasteiger partial charge is 0.147 e. The van der Waals surface area contributed by atoms with Gasteiger partial charge in [-0.2, -0.15) is 0 Å². The molecule has 20 heavy (non-hydrogen) atoms. The summed E-state index contributed by atoms with van der Waals surface area (Å²) in [5.41, 5.74) is 1.91. The minimum Gasteiger partial charge on any atom is -0.492 e. The first kappa shape index (κ1) is 15.1. The molecule has 0 saturated carbocycles. The molecule has 1 heterocycles. The van der Waals surface area contributed by atoms with Crippen LogP contribution in [0.4, 0.5) is 0 Å². The van der Waals surface area contributed by atoms with Crippen molar-refractivity contribution >= 4 is 22.6 Å². The van der Waals surface area contributed by atoms with Gasteiger partial charge < -0.3 is 14.0 Å². The van der Waals surface area contributed by atoms with Crippen molar-refractivity contribution in [2.45, 2.75) is 39.3 Å². The highest BCUT2D eigenvalue weighted by Crippen LogP contribution is 2.27. The Morgan fingerprint density at radius 1 is 1.30 bits per heavy atom. The highest BCUT2D eigenvalue weighted by Gasteiger charge is 2.15. The third kappa shape index (κ3) is 3.07. The second-order valence-electron chi connectivity index (χ2n) is 4.60. The van der Waals surface area contributed by atoms with Crippen molar-refractivity contribution in [1.29, 1.82) is 0 Å². The van der Waals surface area contributed by atoms with E-state index in [9.17, 15) is 0 Å². The molecule has 1 aromatic heterocycles. The molecule has 1 unspecified atom stereocenters. The Hall–Kier alpha value is -1.26. The lowest BCUT2D eigenvalue weighted by Crippen LogP contribution is -2.17. The van der Waals surface area contributed by atoms with E-state index in [-0.39, 0.29) is 6.10 Å². The van der Waals surface area contributed by atoms with Gasteiger partial charge in [-0.3, -0.25) is 0 Å². The number of fused-ring (bicyclic) bond motifs is 1. The van der Waals surface area contributed by atoms with Gasteiger partial charge in [-0.05, 0) is 32.9 Å². The summed E-state index contributed by atoms with van der Waals surface area (Å²) in [6.07, 6.45) is 0.120. The van der Waals surface area contributed by atoms with Crippen molar-refractivity contribution in [3.63, 3.8) is 0 Å². The third-order valence-electron chi connectivity index (χ3n) is 3.13. The average molecular weight is 297 g/mol. The molecule has 110 valence electrons. The number of ether oxygens (including phenoxy) is 2. The molecule has 0 radical (unpaired) electrons. The van der Waals surface area contributed by atoms with Crippen LogP contribution in [0.3, 0.4) is 0 Å². The van der Waals surface area contributed by atoms with Crippen LogP contribution in [0.5, 0.6) is 5.75 Å². The number of nitrogens with zero attached hydrogens (tertiary/aromatic N) is 2. The van der Waals surface area contributed by atoms with Crippen LogP contribution >= 0.6 is 11.6 Å². The molecule has 0 spiro atoms. The Labute approximate surface area is 124 Å². The molecule has 1 atom stereocenters. The molecule has 2 rings (SSSR count). The lowest BCUT2D eigenvalue weighted by atomic mass is 10.3. The number of benzene rings is 1. The predicted molar refractivity (Wildman–Crippen MR) is 81.5 cm³/mol. The van der Waals surface area contributed by atoms with E-state index in [4.69, 9.17) is 21.1 Å². The maximum absolute atomic E-state index is 6.03. The van der Waals surface area contributed by atoms with Crippen molar-refractivity contribution in [2.75, 3.05) is 13.2 Å². The van der Waals surface area contributed by atoms with E-state index in [1.807, 2.05) is 32.0 Å². The summed E-state index contributed by atoms with van der Waals surface area (Å²) in [5, 5.41) is 0. The van der Waals surface area contributed by atoms with Gasteiger partial charge >= 0.3 is 0 Å². The van der Waals surface area contributed by atoms with E-state index < -0.39 is 0 Å². The molecule has 1 aromatic carbocycles. The van der Waals surface area contributed by atoms with Gasteiger partial charge in [0.2, 0.25) is 0 Å². The van der Waals surface area contributed by atoms with Crippen LogP contribution in [0.1, 0.15) is 26.6 Å². The lowest BCUT2D eigenvalue weighted by molar-refractivity contribution is 0.0643. The molecule has 0 aliphatic carbocycles. The van der Waals surface area contributed by atoms with Gasteiger partial charge in [-0.1, -0.05) is 6.07 Å². The standard InChI is InChI=1S/C15H21ClN2O2/c1-4-19-11(3)10-18-12-7-6-8-13(20-5-2)15(12)17-14(18)9-16/h6-8,11H,4-5,9-10H2,1-3H3. The summed E-state index contributed by atoms with van der Waals surface area (Å²) in [4.78, 5) is 4.61. The number of hydrogen-bond acceptors (Lipinski definition) is 3. The Bertz CT molecular complexity index is 568. The van der Waals surface area contributed by atoms with Gasteiger partial charge in [0.05, 0.1) is 30.7 Å². The molecule has 4 nitrogen and oxygen atoms in total. The van der Waals surface area contributed by atoms with E-state index in [0.29, 0.717) is 19.1 Å². The maximum Gasteiger partial charge on any atom is 0.147 e. The lowest BCUT2D eigenvalue weighted by Gasteiger charge is -2.14. The van der Waals surface area contributed by atoms with Crippen molar-refractivity contribution in [1.82, 2.24) is 9.55 Å². The molecule has 0 aliphatic heterocycles. The van der Waals surface area contributed by atoms with Crippen molar-refractivity contribution < 1.29 is 9.47 Å². The Morgan fingerprint density at radius 3 is 2.75 bits per heavy atom. The van der Waals surface area contributed by atoms with E-state index in [2.05, 4.69) is 16.5 Å². The van der Waals surface area contributed by atoms with Crippen LogP contribution < -0.4 is 4.74 Å². The maximum atomic E-state index is 6.03. The minimum absolute atomic E-state index is 0.120. The molecular weight excluding hydrogens is 276 g/mol. The summed E-state index contributed by atoms with van der Waals surface area (Å²) in [5.74, 6) is 2.03. The first-order valence-corrected chi connectivity index (χ1v) is 7.53. The summed E-state index contributed by atoms with van der Waals surface area (Å²) in [6.45, 7) is 8.08. The number of halogens is 1. The molecule has 0 aliphatic rings. The van der Waals surface area contributed by atoms with Crippen molar-refractivity contribution in [2.24, 2.45) is 0 Å². The fraction of sp³-hybridized carbons (Fsp3) is 0.533. The molecular formula is C15H21ClN2O2. The van der Waals surface area contributed by atoms with Crippen LogP contribution in [0, 0.1) is 0 Å². The van der Waals surface area contributed by atoms with E-state index >= 15 is 0 Å². The van der Waals surface area contributed by atoms with Crippen molar-refractivity contribution in [3.8, 4) is 5.75 Å². The van der Waals surface area contributed by atoms with E-state index in [1.165, 1.54) is 0 Å². The zero-order valence-electron chi connectivity index (χ0n) is 12.2. The summed E-state index contributed by atoms with van der Waals surface area (Å²) in [6, 6.07) is 5.96. The van der Waals surface area contributed by atoms with E-state index in [0.717, 1.165) is 29.2 Å². The zero-order chi connectivity index (χ0) is 14.5. The zero-order valence-corrected chi connectivity index (χ0v) is 13.0. The largest absolute Gasteiger partial charge is 0.492 e. The van der Waals surface area contributed by atoms with Gasteiger partial charge in [0.1, 0.15) is 17.1 Å². The second kappa shape index (κ2) is 6.95. The third-order valence-corrected chi connectivity index (χ3v) is 3.37. The van der Waals surface area contributed by atoms with Crippen LogP contribution in [-0.2, 0) is 17.2 Å². The Kier molecular flexibility index (Phi) is 5.26. The normalized spacial score (nSPS) is 12.8. The number of hydrogen-bond donors (Lipinski definition) is 0. The fourth-order valence-corrected chi connectivity index (χ4v) is 2.55. The van der Waals surface area contributed by atoms with Gasteiger partial charge in [-0.25, -0.2) is 4.98 Å². The molecule has 0 fully saturated rings. The number of para-hydroxylation sites is 1. The fourth-order valence-electron chi connectivity index (χ4n) is 2.34. The molecule has 0 bridgehead atoms.